The Bertz CT molecular complexity index is 439. The van der Waals surface area contributed by atoms with Crippen LogP contribution in [0.15, 0.2) is 18.2 Å². The number of hydrazine groups is 1. The number of benzene rings is 1. The zero-order valence-electron chi connectivity index (χ0n) is 10.8. The molecule has 1 N–H and O–H groups in total. The normalized spacial score (nSPS) is 9.56. The maximum absolute atomic E-state index is 11.6. The van der Waals surface area contributed by atoms with Gasteiger partial charge in [0.2, 0.25) is 0 Å². The lowest BCUT2D eigenvalue weighted by molar-refractivity contribution is 0.157. The number of ether oxygens (including phenoxy) is 2. The number of carbonyl (C=O) groups excluding carboxylic acids is 2. The average molecular weight is 252 g/mol. The third-order valence-electron chi connectivity index (χ3n) is 2.21. The van der Waals surface area contributed by atoms with Gasteiger partial charge in [0.1, 0.15) is 0 Å². The number of rotatable bonds is 1. The highest BCUT2D eigenvalue weighted by Crippen LogP contribution is 2.18. The Morgan fingerprint density at radius 2 is 1.61 bits per heavy atom. The largest absolute Gasteiger partial charge is 0.452 e. The van der Waals surface area contributed by atoms with E-state index in [0.717, 1.165) is 16.1 Å². The predicted molar refractivity (Wildman–Crippen MR) is 66.3 cm³/mol. The van der Waals surface area contributed by atoms with E-state index in [2.05, 4.69) is 14.9 Å². The Balaban J connectivity index is 3.08. The van der Waals surface area contributed by atoms with Crippen LogP contribution >= 0.6 is 0 Å². The lowest BCUT2D eigenvalue weighted by Gasteiger charge is -2.21. The number of anilines is 1. The van der Waals surface area contributed by atoms with E-state index >= 15 is 0 Å². The topological polar surface area (TPSA) is 67.9 Å². The van der Waals surface area contributed by atoms with Gasteiger partial charge in [-0.1, -0.05) is 6.07 Å². The van der Waals surface area contributed by atoms with E-state index in [1.165, 1.54) is 14.2 Å². The molecule has 2 amide bonds. The predicted octanol–water partition coefficient (Wildman–Crippen LogP) is 2.15. The van der Waals surface area contributed by atoms with Crippen molar-refractivity contribution >= 4 is 17.9 Å². The molecule has 0 aliphatic carbocycles. The molecule has 1 aromatic carbocycles. The van der Waals surface area contributed by atoms with Crippen LogP contribution in [0.1, 0.15) is 11.1 Å². The Labute approximate surface area is 105 Å². The molecular weight excluding hydrogens is 236 g/mol. The van der Waals surface area contributed by atoms with Gasteiger partial charge in [-0.2, -0.15) is 5.01 Å². The molecule has 98 valence electrons. The molecule has 18 heavy (non-hydrogen) atoms. The van der Waals surface area contributed by atoms with Crippen LogP contribution in [0.5, 0.6) is 0 Å². The minimum Gasteiger partial charge on any atom is -0.452 e. The lowest BCUT2D eigenvalue weighted by Crippen LogP contribution is -2.46. The summed E-state index contributed by atoms with van der Waals surface area (Å²) in [5.41, 5.74) is 4.72. The van der Waals surface area contributed by atoms with Crippen LogP contribution in [-0.2, 0) is 9.47 Å². The Hall–Kier alpha value is -2.24. The monoisotopic (exact) mass is 252 g/mol. The van der Waals surface area contributed by atoms with Gasteiger partial charge in [0.15, 0.2) is 0 Å². The molecule has 0 fully saturated rings. The maximum Gasteiger partial charge on any atom is 0.433 e. The summed E-state index contributed by atoms with van der Waals surface area (Å²) in [7, 11) is 2.45. The Morgan fingerprint density at radius 1 is 1.06 bits per heavy atom. The summed E-state index contributed by atoms with van der Waals surface area (Å²) < 4.78 is 9.07. The first-order valence-corrected chi connectivity index (χ1v) is 5.29. The van der Waals surface area contributed by atoms with Crippen molar-refractivity contribution < 1.29 is 19.1 Å². The number of nitrogens with one attached hydrogen (secondary N) is 1. The van der Waals surface area contributed by atoms with Gasteiger partial charge in [0.25, 0.3) is 0 Å². The van der Waals surface area contributed by atoms with Gasteiger partial charge in [0, 0.05) is 0 Å². The third kappa shape index (κ3) is 3.38. The minimum absolute atomic E-state index is 0.504. The highest BCUT2D eigenvalue weighted by molar-refractivity contribution is 5.90. The molecule has 0 radical (unpaired) electrons. The van der Waals surface area contributed by atoms with E-state index in [4.69, 9.17) is 0 Å². The summed E-state index contributed by atoms with van der Waals surface area (Å²) >= 11 is 0. The van der Waals surface area contributed by atoms with Crippen LogP contribution in [0.4, 0.5) is 15.3 Å². The second-order valence-corrected chi connectivity index (χ2v) is 3.75. The van der Waals surface area contributed by atoms with Crippen molar-refractivity contribution in [1.29, 1.82) is 0 Å². The maximum atomic E-state index is 11.6. The molecule has 6 nitrogen and oxygen atoms in total. The SMILES string of the molecule is COC(=O)NN(C(=O)OC)c1cc(C)cc(C)c1. The summed E-state index contributed by atoms with van der Waals surface area (Å²) in [6.07, 6.45) is -1.45. The van der Waals surface area contributed by atoms with Gasteiger partial charge in [-0.15, -0.1) is 0 Å². The smallest absolute Gasteiger partial charge is 0.433 e. The first-order chi connectivity index (χ1) is 8.47. The fraction of sp³-hybridized carbons (Fsp3) is 0.333. The van der Waals surface area contributed by atoms with Crippen molar-refractivity contribution in [2.75, 3.05) is 19.2 Å². The van der Waals surface area contributed by atoms with Gasteiger partial charge < -0.3 is 9.47 Å². The molecule has 0 saturated carbocycles. The number of nitrogens with zero attached hydrogens (tertiary/aromatic N) is 1. The molecule has 0 bridgehead atoms. The van der Waals surface area contributed by atoms with Crippen molar-refractivity contribution in [3.63, 3.8) is 0 Å². The van der Waals surface area contributed by atoms with Crippen LogP contribution < -0.4 is 10.4 Å². The molecular formula is C12H16N2O4. The molecule has 0 unspecified atom stereocenters. The van der Waals surface area contributed by atoms with Crippen molar-refractivity contribution in [2.24, 2.45) is 0 Å². The Morgan fingerprint density at radius 3 is 2.06 bits per heavy atom. The van der Waals surface area contributed by atoms with Crippen molar-refractivity contribution in [3.8, 4) is 0 Å². The number of methoxy groups -OCH3 is 2. The van der Waals surface area contributed by atoms with Crippen LogP contribution in [0.2, 0.25) is 0 Å². The van der Waals surface area contributed by atoms with E-state index in [1.54, 1.807) is 12.1 Å². The van der Waals surface area contributed by atoms with Gasteiger partial charge in [0.05, 0.1) is 19.9 Å². The standard InChI is InChI=1S/C12H16N2O4/c1-8-5-9(2)7-10(6-8)14(12(16)18-4)13-11(15)17-3/h5-7H,1-4H3,(H,13,15). The van der Waals surface area contributed by atoms with E-state index < -0.39 is 12.2 Å². The molecule has 0 heterocycles. The summed E-state index contributed by atoms with van der Waals surface area (Å²) in [5, 5.41) is 0.992. The number of aryl methyl sites for hydroxylation is 2. The number of amides is 2. The first kappa shape index (κ1) is 13.8. The van der Waals surface area contributed by atoms with Crippen LogP contribution in [0.25, 0.3) is 0 Å². The average Bonchev–Trinajstić information content (AvgIpc) is 2.33. The fourth-order valence-corrected chi connectivity index (χ4v) is 1.52. The zero-order chi connectivity index (χ0) is 13.7. The molecule has 0 saturated heterocycles. The zero-order valence-corrected chi connectivity index (χ0v) is 10.8. The second kappa shape index (κ2) is 5.90. The fourth-order valence-electron chi connectivity index (χ4n) is 1.52. The van der Waals surface area contributed by atoms with E-state index in [0.29, 0.717) is 5.69 Å². The van der Waals surface area contributed by atoms with Crippen LogP contribution in [-0.4, -0.2) is 26.4 Å². The second-order valence-electron chi connectivity index (χ2n) is 3.75. The molecule has 0 aromatic heterocycles. The van der Waals surface area contributed by atoms with Gasteiger partial charge >= 0.3 is 12.2 Å². The molecule has 0 atom stereocenters. The summed E-state index contributed by atoms with van der Waals surface area (Å²) in [4.78, 5) is 22.8. The van der Waals surface area contributed by atoms with Crippen LogP contribution in [0.3, 0.4) is 0 Å². The van der Waals surface area contributed by atoms with E-state index in [1.807, 2.05) is 19.9 Å². The van der Waals surface area contributed by atoms with Crippen molar-refractivity contribution in [1.82, 2.24) is 5.43 Å². The summed E-state index contributed by atoms with van der Waals surface area (Å²) in [5.74, 6) is 0. The molecule has 1 rings (SSSR count). The van der Waals surface area contributed by atoms with Gasteiger partial charge in [-0.25, -0.2) is 15.0 Å². The summed E-state index contributed by atoms with van der Waals surface area (Å²) in [6, 6.07) is 5.46. The lowest BCUT2D eigenvalue weighted by atomic mass is 10.1. The molecule has 1 aromatic rings. The Kier molecular flexibility index (Phi) is 4.53. The van der Waals surface area contributed by atoms with Gasteiger partial charge in [-0.3, -0.25) is 0 Å². The number of hydrogen-bond acceptors (Lipinski definition) is 4. The van der Waals surface area contributed by atoms with Gasteiger partial charge in [-0.05, 0) is 37.1 Å². The van der Waals surface area contributed by atoms with Crippen LogP contribution in [0, 0.1) is 13.8 Å². The highest BCUT2D eigenvalue weighted by atomic mass is 16.6. The summed E-state index contributed by atoms with van der Waals surface area (Å²) in [6.45, 7) is 3.79. The van der Waals surface area contributed by atoms with Crippen molar-refractivity contribution in [2.45, 2.75) is 13.8 Å². The molecule has 6 heteroatoms. The molecule has 0 aliphatic rings. The first-order valence-electron chi connectivity index (χ1n) is 5.29. The van der Waals surface area contributed by atoms with E-state index in [-0.39, 0.29) is 0 Å². The quantitative estimate of drug-likeness (QED) is 0.777. The molecule has 0 spiro atoms. The highest BCUT2D eigenvalue weighted by Gasteiger charge is 2.19. The van der Waals surface area contributed by atoms with E-state index in [9.17, 15) is 9.59 Å². The third-order valence-corrected chi connectivity index (χ3v) is 2.21. The number of carbonyl (C=O) groups is 2. The van der Waals surface area contributed by atoms with Crippen molar-refractivity contribution in [3.05, 3.63) is 29.3 Å². The molecule has 0 aliphatic heterocycles. The number of hydrogen-bond donors (Lipinski definition) is 1. The minimum atomic E-state index is -0.750.